The Kier molecular flexibility index (Phi) is 3.58. The summed E-state index contributed by atoms with van der Waals surface area (Å²) in [6.45, 7) is 3.88. The molecule has 2 aromatic carbocycles. The average Bonchev–Trinajstić information content (AvgIpc) is 2.53. The number of para-hydroxylation sites is 2. The maximum Gasteiger partial charge on any atom is 0.144 e. The van der Waals surface area contributed by atoms with Gasteiger partial charge < -0.3 is 10.6 Å². The summed E-state index contributed by atoms with van der Waals surface area (Å²) in [7, 11) is 0. The second-order valence-electron chi connectivity index (χ2n) is 5.68. The van der Waals surface area contributed by atoms with E-state index in [2.05, 4.69) is 10.6 Å². The highest BCUT2D eigenvalue weighted by atomic mass is 19.1. The molecule has 3 heteroatoms. The molecule has 3 atom stereocenters. The van der Waals surface area contributed by atoms with Gasteiger partial charge in [0.25, 0.3) is 0 Å². The Labute approximate surface area is 125 Å². The fraction of sp³-hybridized carbons (Fsp3) is 0.333. The number of halogens is 1. The van der Waals surface area contributed by atoms with E-state index >= 15 is 4.39 Å². The summed E-state index contributed by atoms with van der Waals surface area (Å²) in [6, 6.07) is 17.6. The van der Waals surface area contributed by atoms with E-state index in [0.717, 1.165) is 16.9 Å². The first-order valence-electron chi connectivity index (χ1n) is 7.51. The number of rotatable bonds is 3. The van der Waals surface area contributed by atoms with Crippen LogP contribution in [0, 0.1) is 5.92 Å². The van der Waals surface area contributed by atoms with Crippen molar-refractivity contribution in [1.82, 2.24) is 0 Å². The minimum absolute atomic E-state index is 0.132. The topological polar surface area (TPSA) is 24.1 Å². The first-order chi connectivity index (χ1) is 10.1. The normalized spacial score (nSPS) is 27.6. The Balaban J connectivity index is 1.95. The Morgan fingerprint density at radius 1 is 1.10 bits per heavy atom. The molecule has 2 unspecified atom stereocenters. The SMILES string of the molecule is CC[C@]1(F)c2ccccc2NC(Nc2ccccc2)C1C. The molecule has 2 nitrogen and oxygen atoms in total. The van der Waals surface area contributed by atoms with Crippen molar-refractivity contribution in [2.24, 2.45) is 5.92 Å². The fourth-order valence-corrected chi connectivity index (χ4v) is 3.16. The molecule has 2 aromatic rings. The highest BCUT2D eigenvalue weighted by Gasteiger charge is 2.45. The van der Waals surface area contributed by atoms with E-state index in [1.165, 1.54) is 0 Å². The molecule has 0 amide bonds. The van der Waals surface area contributed by atoms with Crippen LogP contribution < -0.4 is 10.6 Å². The number of alkyl halides is 1. The molecular weight excluding hydrogens is 263 g/mol. The molecule has 1 aliphatic rings. The van der Waals surface area contributed by atoms with E-state index < -0.39 is 5.67 Å². The predicted molar refractivity (Wildman–Crippen MR) is 86.2 cm³/mol. The lowest BCUT2D eigenvalue weighted by atomic mass is 9.76. The zero-order valence-corrected chi connectivity index (χ0v) is 12.4. The number of hydrogen-bond acceptors (Lipinski definition) is 2. The number of hydrogen-bond donors (Lipinski definition) is 2. The zero-order chi connectivity index (χ0) is 14.9. The lowest BCUT2D eigenvalue weighted by molar-refractivity contribution is 0.0702. The molecule has 1 aliphatic heterocycles. The minimum atomic E-state index is -1.31. The molecule has 21 heavy (non-hydrogen) atoms. The summed E-state index contributed by atoms with van der Waals surface area (Å²) >= 11 is 0. The van der Waals surface area contributed by atoms with Gasteiger partial charge in [0, 0.05) is 22.9 Å². The van der Waals surface area contributed by atoms with Crippen LogP contribution in [-0.4, -0.2) is 6.17 Å². The molecule has 0 saturated carbocycles. The van der Waals surface area contributed by atoms with Crippen LogP contribution in [0.15, 0.2) is 54.6 Å². The van der Waals surface area contributed by atoms with Gasteiger partial charge in [0.15, 0.2) is 0 Å². The van der Waals surface area contributed by atoms with Crippen molar-refractivity contribution >= 4 is 11.4 Å². The summed E-state index contributed by atoms with van der Waals surface area (Å²) in [5.74, 6) is -0.169. The fourth-order valence-electron chi connectivity index (χ4n) is 3.16. The van der Waals surface area contributed by atoms with Crippen molar-refractivity contribution in [3.05, 3.63) is 60.2 Å². The van der Waals surface area contributed by atoms with Gasteiger partial charge in [0.2, 0.25) is 0 Å². The number of fused-ring (bicyclic) bond motifs is 1. The largest absolute Gasteiger partial charge is 0.365 e. The van der Waals surface area contributed by atoms with Gasteiger partial charge in [-0.2, -0.15) is 0 Å². The number of benzene rings is 2. The van der Waals surface area contributed by atoms with E-state index in [-0.39, 0.29) is 12.1 Å². The summed E-state index contributed by atoms with van der Waals surface area (Å²) in [5.41, 5.74) is 1.34. The van der Waals surface area contributed by atoms with E-state index in [4.69, 9.17) is 0 Å². The van der Waals surface area contributed by atoms with Crippen molar-refractivity contribution in [3.63, 3.8) is 0 Å². The van der Waals surface area contributed by atoms with Gasteiger partial charge in [-0.05, 0) is 24.6 Å². The first kappa shape index (κ1) is 13.9. The van der Waals surface area contributed by atoms with Crippen LogP contribution in [0.3, 0.4) is 0 Å². The summed E-state index contributed by atoms with van der Waals surface area (Å²) in [5, 5.41) is 6.84. The summed E-state index contributed by atoms with van der Waals surface area (Å²) in [4.78, 5) is 0. The monoisotopic (exact) mass is 284 g/mol. The third kappa shape index (κ3) is 2.37. The van der Waals surface area contributed by atoms with Crippen LogP contribution in [0.25, 0.3) is 0 Å². The Morgan fingerprint density at radius 3 is 2.48 bits per heavy atom. The molecule has 1 heterocycles. The highest BCUT2D eigenvalue weighted by Crippen LogP contribution is 2.46. The van der Waals surface area contributed by atoms with E-state index in [0.29, 0.717) is 6.42 Å². The number of nitrogens with one attached hydrogen (secondary N) is 2. The van der Waals surface area contributed by atoms with Gasteiger partial charge >= 0.3 is 0 Å². The standard InChI is InChI=1S/C18H21FN2/c1-3-18(19)13(2)17(20-14-9-5-4-6-10-14)21-16-12-8-7-11-15(16)18/h4-13,17,20-21H,3H2,1-2H3/t13?,17?,18-/m1/s1. The van der Waals surface area contributed by atoms with Crippen LogP contribution >= 0.6 is 0 Å². The molecule has 0 aliphatic carbocycles. The third-order valence-electron chi connectivity index (χ3n) is 4.52. The molecule has 3 rings (SSSR count). The third-order valence-corrected chi connectivity index (χ3v) is 4.52. The summed E-state index contributed by atoms with van der Waals surface area (Å²) in [6.07, 6.45) is 0.340. The highest BCUT2D eigenvalue weighted by molar-refractivity contribution is 5.59. The molecule has 110 valence electrons. The van der Waals surface area contributed by atoms with Crippen LogP contribution in [-0.2, 0) is 5.67 Å². The molecule has 0 spiro atoms. The second kappa shape index (κ2) is 5.40. The lowest BCUT2D eigenvalue weighted by Crippen LogP contribution is -2.49. The molecular formula is C18H21FN2. The Morgan fingerprint density at radius 2 is 1.76 bits per heavy atom. The predicted octanol–water partition coefficient (Wildman–Crippen LogP) is 4.76. The van der Waals surface area contributed by atoms with Gasteiger partial charge in [0.05, 0.1) is 0 Å². The maximum absolute atomic E-state index is 15.6. The Hall–Kier alpha value is -2.03. The lowest BCUT2D eigenvalue weighted by Gasteiger charge is -2.43. The van der Waals surface area contributed by atoms with Gasteiger partial charge in [-0.1, -0.05) is 50.2 Å². The maximum atomic E-state index is 15.6. The van der Waals surface area contributed by atoms with Crippen LogP contribution in [0.5, 0.6) is 0 Å². The molecule has 0 saturated heterocycles. The van der Waals surface area contributed by atoms with Gasteiger partial charge in [-0.25, -0.2) is 4.39 Å². The first-order valence-corrected chi connectivity index (χ1v) is 7.51. The van der Waals surface area contributed by atoms with Crippen molar-refractivity contribution in [2.45, 2.75) is 32.1 Å². The van der Waals surface area contributed by atoms with Crippen molar-refractivity contribution in [3.8, 4) is 0 Å². The molecule has 0 fully saturated rings. The molecule has 0 aromatic heterocycles. The smallest absolute Gasteiger partial charge is 0.144 e. The molecule has 0 radical (unpaired) electrons. The second-order valence-corrected chi connectivity index (χ2v) is 5.68. The number of anilines is 2. The zero-order valence-electron chi connectivity index (χ0n) is 12.4. The van der Waals surface area contributed by atoms with Crippen LogP contribution in [0.4, 0.5) is 15.8 Å². The van der Waals surface area contributed by atoms with Gasteiger partial charge in [-0.3, -0.25) is 0 Å². The van der Waals surface area contributed by atoms with E-state index in [1.54, 1.807) is 0 Å². The van der Waals surface area contributed by atoms with Crippen molar-refractivity contribution in [2.75, 3.05) is 10.6 Å². The van der Waals surface area contributed by atoms with Crippen molar-refractivity contribution in [1.29, 1.82) is 0 Å². The quantitative estimate of drug-likeness (QED) is 0.849. The summed E-state index contributed by atoms with van der Waals surface area (Å²) < 4.78 is 15.6. The van der Waals surface area contributed by atoms with Gasteiger partial charge in [-0.15, -0.1) is 0 Å². The Bertz CT molecular complexity index is 614. The molecule has 0 bridgehead atoms. The van der Waals surface area contributed by atoms with E-state index in [1.807, 2.05) is 68.4 Å². The van der Waals surface area contributed by atoms with E-state index in [9.17, 15) is 0 Å². The average molecular weight is 284 g/mol. The van der Waals surface area contributed by atoms with Crippen molar-refractivity contribution < 1.29 is 4.39 Å². The van der Waals surface area contributed by atoms with Gasteiger partial charge in [0.1, 0.15) is 11.8 Å². The van der Waals surface area contributed by atoms with Crippen LogP contribution in [0.1, 0.15) is 25.8 Å². The minimum Gasteiger partial charge on any atom is -0.365 e. The molecule has 2 N–H and O–H groups in total. The van der Waals surface area contributed by atoms with Crippen LogP contribution in [0.2, 0.25) is 0 Å².